The van der Waals surface area contributed by atoms with E-state index in [1.54, 1.807) is 48.4 Å². The predicted octanol–water partition coefficient (Wildman–Crippen LogP) is 5.30. The maximum absolute atomic E-state index is 14.5. The summed E-state index contributed by atoms with van der Waals surface area (Å²) in [5.41, 5.74) is 2.70. The van der Waals surface area contributed by atoms with Crippen molar-refractivity contribution in [1.29, 1.82) is 0 Å². The number of piperazine rings is 1. The average molecular weight is 491 g/mol. The molecular weight excluding hydrogens is 467 g/mol. The van der Waals surface area contributed by atoms with Gasteiger partial charge in [0.25, 0.3) is 5.91 Å². The van der Waals surface area contributed by atoms with Gasteiger partial charge in [0.05, 0.1) is 23.5 Å². The molecule has 8 heteroatoms. The van der Waals surface area contributed by atoms with Crippen molar-refractivity contribution in [2.24, 2.45) is 0 Å². The van der Waals surface area contributed by atoms with Gasteiger partial charge in [0.2, 0.25) is 0 Å². The number of hydrogen-bond donors (Lipinski definition) is 0. The summed E-state index contributed by atoms with van der Waals surface area (Å²) in [5.74, 6) is 0.235. The summed E-state index contributed by atoms with van der Waals surface area (Å²) in [6.07, 6.45) is 0. The van der Waals surface area contributed by atoms with Crippen LogP contribution in [-0.4, -0.2) is 53.9 Å². The molecule has 1 aliphatic heterocycles. The molecule has 3 aromatic carbocycles. The van der Waals surface area contributed by atoms with Crippen molar-refractivity contribution in [2.45, 2.75) is 0 Å². The standard InChI is InChI=1S/C27H24ClFN4O2/c1-35-20-12-10-19(11-13-20)31-14-16-32(17-15-31)27(34)26-18-24(21-6-2-4-8-23(21)29)30-33(26)25-9-5-3-7-22(25)28/h2-13,18H,14-17H2,1H3. The highest BCUT2D eigenvalue weighted by atomic mass is 35.5. The third kappa shape index (κ3) is 4.59. The Hall–Kier alpha value is -3.84. The average Bonchev–Trinajstić information content (AvgIpc) is 3.34. The number of para-hydroxylation sites is 1. The number of halogens is 2. The Morgan fingerprint density at radius 2 is 1.63 bits per heavy atom. The maximum atomic E-state index is 14.5. The van der Waals surface area contributed by atoms with Crippen LogP contribution in [0.15, 0.2) is 78.9 Å². The van der Waals surface area contributed by atoms with E-state index < -0.39 is 5.82 Å². The second kappa shape index (κ2) is 9.80. The van der Waals surface area contributed by atoms with Crippen LogP contribution in [0.4, 0.5) is 10.1 Å². The zero-order valence-corrected chi connectivity index (χ0v) is 20.0. The summed E-state index contributed by atoms with van der Waals surface area (Å²) >= 11 is 6.44. The van der Waals surface area contributed by atoms with E-state index in [1.807, 2.05) is 36.4 Å². The van der Waals surface area contributed by atoms with Crippen molar-refractivity contribution in [3.63, 3.8) is 0 Å². The first-order valence-corrected chi connectivity index (χ1v) is 11.7. The smallest absolute Gasteiger partial charge is 0.272 e. The van der Waals surface area contributed by atoms with Crippen molar-refractivity contribution in [3.8, 4) is 22.7 Å². The van der Waals surface area contributed by atoms with Crippen molar-refractivity contribution >= 4 is 23.2 Å². The predicted molar refractivity (Wildman–Crippen MR) is 135 cm³/mol. The third-order valence-corrected chi connectivity index (χ3v) is 6.48. The summed E-state index contributed by atoms with van der Waals surface area (Å²) in [7, 11) is 1.64. The van der Waals surface area contributed by atoms with Gasteiger partial charge in [-0.2, -0.15) is 5.10 Å². The molecule has 0 saturated carbocycles. The first kappa shape index (κ1) is 22.9. The zero-order valence-electron chi connectivity index (χ0n) is 19.2. The Morgan fingerprint density at radius 1 is 0.943 bits per heavy atom. The minimum absolute atomic E-state index is 0.172. The zero-order chi connectivity index (χ0) is 24.4. The SMILES string of the molecule is COc1ccc(N2CCN(C(=O)c3cc(-c4ccccc4F)nn3-c3ccccc3Cl)CC2)cc1. The lowest BCUT2D eigenvalue weighted by molar-refractivity contribution is 0.0737. The number of methoxy groups -OCH3 is 1. The van der Waals surface area contributed by atoms with E-state index >= 15 is 0 Å². The maximum Gasteiger partial charge on any atom is 0.272 e. The summed E-state index contributed by atoms with van der Waals surface area (Å²) in [4.78, 5) is 17.7. The van der Waals surface area contributed by atoms with Crippen LogP contribution in [0.1, 0.15) is 10.5 Å². The summed E-state index contributed by atoms with van der Waals surface area (Å²) < 4.78 is 21.3. The molecule has 0 N–H and O–H groups in total. The first-order valence-electron chi connectivity index (χ1n) is 11.3. The normalized spacial score (nSPS) is 13.7. The highest BCUT2D eigenvalue weighted by Gasteiger charge is 2.27. The highest BCUT2D eigenvalue weighted by molar-refractivity contribution is 6.32. The summed E-state index contributed by atoms with van der Waals surface area (Å²) in [6, 6.07) is 23.1. The molecule has 0 unspecified atom stereocenters. The van der Waals surface area contributed by atoms with E-state index in [9.17, 15) is 9.18 Å². The summed E-state index contributed by atoms with van der Waals surface area (Å²) in [6.45, 7) is 2.48. The molecule has 35 heavy (non-hydrogen) atoms. The number of nitrogens with zero attached hydrogens (tertiary/aromatic N) is 4. The van der Waals surface area contributed by atoms with Crippen molar-refractivity contribution in [3.05, 3.63) is 95.4 Å². The number of rotatable bonds is 5. The van der Waals surface area contributed by atoms with Crippen molar-refractivity contribution < 1.29 is 13.9 Å². The fourth-order valence-electron chi connectivity index (χ4n) is 4.26. The molecule has 1 aliphatic rings. The quantitative estimate of drug-likeness (QED) is 0.381. The van der Waals surface area contributed by atoms with E-state index in [4.69, 9.17) is 16.3 Å². The molecule has 178 valence electrons. The highest BCUT2D eigenvalue weighted by Crippen LogP contribution is 2.28. The van der Waals surface area contributed by atoms with Gasteiger partial charge >= 0.3 is 0 Å². The monoisotopic (exact) mass is 490 g/mol. The van der Waals surface area contributed by atoms with Gasteiger partial charge in [0.1, 0.15) is 17.3 Å². The van der Waals surface area contributed by atoms with Crippen LogP contribution >= 0.6 is 11.6 Å². The van der Waals surface area contributed by atoms with Gasteiger partial charge in [-0.05, 0) is 54.6 Å². The van der Waals surface area contributed by atoms with Gasteiger partial charge in [0, 0.05) is 37.4 Å². The molecule has 5 rings (SSSR count). The molecule has 6 nitrogen and oxygen atoms in total. The molecule has 0 aliphatic carbocycles. The number of benzene rings is 3. The van der Waals surface area contributed by atoms with Crippen LogP contribution in [0.25, 0.3) is 16.9 Å². The van der Waals surface area contributed by atoms with E-state index in [2.05, 4.69) is 10.00 Å². The largest absolute Gasteiger partial charge is 0.497 e. The number of carbonyl (C=O) groups excluding carboxylic acids is 1. The molecule has 0 spiro atoms. The summed E-state index contributed by atoms with van der Waals surface area (Å²) in [5, 5.41) is 5.04. The van der Waals surface area contributed by atoms with Crippen molar-refractivity contribution in [2.75, 3.05) is 38.2 Å². The van der Waals surface area contributed by atoms with Gasteiger partial charge < -0.3 is 14.5 Å². The third-order valence-electron chi connectivity index (χ3n) is 6.16. The Bertz CT molecular complexity index is 1350. The van der Waals surface area contributed by atoms with Gasteiger partial charge in [0.15, 0.2) is 0 Å². The lowest BCUT2D eigenvalue weighted by Crippen LogP contribution is -2.49. The fraction of sp³-hybridized carbons (Fsp3) is 0.185. The van der Waals surface area contributed by atoms with Crippen LogP contribution in [0, 0.1) is 5.82 Å². The molecule has 1 amide bonds. The second-order valence-corrected chi connectivity index (χ2v) is 8.64. The molecule has 1 saturated heterocycles. The van der Waals surface area contributed by atoms with Gasteiger partial charge in [-0.25, -0.2) is 9.07 Å². The Kier molecular flexibility index (Phi) is 6.42. The number of carbonyl (C=O) groups is 1. The molecule has 0 radical (unpaired) electrons. The minimum atomic E-state index is -0.400. The van der Waals surface area contributed by atoms with Crippen LogP contribution < -0.4 is 9.64 Å². The van der Waals surface area contributed by atoms with E-state index in [0.717, 1.165) is 11.4 Å². The first-order chi connectivity index (χ1) is 17.0. The minimum Gasteiger partial charge on any atom is -0.497 e. The van der Waals surface area contributed by atoms with Crippen LogP contribution in [0.5, 0.6) is 5.75 Å². The van der Waals surface area contributed by atoms with Crippen molar-refractivity contribution in [1.82, 2.24) is 14.7 Å². The van der Waals surface area contributed by atoms with Gasteiger partial charge in [-0.1, -0.05) is 35.9 Å². The van der Waals surface area contributed by atoms with Crippen LogP contribution in [0.3, 0.4) is 0 Å². The molecule has 2 heterocycles. The molecule has 1 fully saturated rings. The second-order valence-electron chi connectivity index (χ2n) is 8.24. The van der Waals surface area contributed by atoms with Gasteiger partial charge in [-0.15, -0.1) is 0 Å². The van der Waals surface area contributed by atoms with Crippen LogP contribution in [0.2, 0.25) is 5.02 Å². The Labute approximate surface area is 208 Å². The number of ether oxygens (including phenoxy) is 1. The molecular formula is C27H24ClFN4O2. The number of aromatic nitrogens is 2. The molecule has 0 atom stereocenters. The molecule has 4 aromatic rings. The molecule has 1 aromatic heterocycles. The number of hydrogen-bond acceptors (Lipinski definition) is 4. The van der Waals surface area contributed by atoms with E-state index in [0.29, 0.717) is 53.8 Å². The van der Waals surface area contributed by atoms with Crippen LogP contribution in [-0.2, 0) is 0 Å². The topological polar surface area (TPSA) is 50.6 Å². The lowest BCUT2D eigenvalue weighted by Gasteiger charge is -2.36. The molecule has 0 bridgehead atoms. The Morgan fingerprint density at radius 3 is 2.31 bits per heavy atom. The van der Waals surface area contributed by atoms with E-state index in [1.165, 1.54) is 10.7 Å². The lowest BCUT2D eigenvalue weighted by atomic mass is 10.1. The van der Waals surface area contributed by atoms with E-state index in [-0.39, 0.29) is 5.91 Å². The van der Waals surface area contributed by atoms with Gasteiger partial charge in [-0.3, -0.25) is 4.79 Å². The number of anilines is 1. The number of amides is 1. The fourth-order valence-corrected chi connectivity index (χ4v) is 4.48. The Balaban J connectivity index is 1.43.